The summed E-state index contributed by atoms with van der Waals surface area (Å²) in [5, 5.41) is 17.9. The third-order valence-corrected chi connectivity index (χ3v) is 13.7. The summed E-state index contributed by atoms with van der Waals surface area (Å²) in [5.74, 6) is 0. The molecule has 0 atom stereocenters. The van der Waals surface area contributed by atoms with E-state index in [2.05, 4.69) is 204 Å². The van der Waals surface area contributed by atoms with E-state index in [1.165, 1.54) is 95.8 Å². The summed E-state index contributed by atoms with van der Waals surface area (Å²) in [5.41, 5.74) is 4.66. The highest BCUT2D eigenvalue weighted by molar-refractivity contribution is 7.26. The number of hydrogen-bond donors (Lipinski definition) is 0. The van der Waals surface area contributed by atoms with Crippen LogP contribution < -0.4 is 9.80 Å². The molecule has 56 heavy (non-hydrogen) atoms. The van der Waals surface area contributed by atoms with Gasteiger partial charge in [0.05, 0.1) is 11.4 Å². The van der Waals surface area contributed by atoms with E-state index in [9.17, 15) is 0 Å². The lowest BCUT2D eigenvalue weighted by Crippen LogP contribution is -2.09. The molecule has 10 aromatic carbocycles. The standard InChI is InChI=1S/C52H32N2S2/c1-3-13-39(14-4-1)53(43-27-23-37-19-17-33-9-7-11-35-21-25-41(43)51(37)49(33)35)47-31-29-45(55-47)46-30-32-48(56-46)54(40-15-5-2-6-16-40)44-28-24-38-20-18-34-10-8-12-36-22-26-42(44)52(38)50(34)36/h1-32H. The molecule has 2 heterocycles. The van der Waals surface area contributed by atoms with Gasteiger partial charge in [0.15, 0.2) is 0 Å². The van der Waals surface area contributed by atoms with E-state index in [1.807, 2.05) is 22.7 Å². The molecule has 0 spiro atoms. The van der Waals surface area contributed by atoms with E-state index in [0.29, 0.717) is 0 Å². The van der Waals surface area contributed by atoms with Gasteiger partial charge in [-0.2, -0.15) is 0 Å². The Morgan fingerprint density at radius 2 is 0.625 bits per heavy atom. The molecule has 0 aliphatic carbocycles. The molecular weight excluding hydrogens is 717 g/mol. The molecule has 0 amide bonds. The van der Waals surface area contributed by atoms with Crippen molar-refractivity contribution in [3.05, 3.63) is 194 Å². The molecule has 2 nitrogen and oxygen atoms in total. The van der Waals surface area contributed by atoms with Crippen LogP contribution in [0.2, 0.25) is 0 Å². The molecule has 0 saturated heterocycles. The summed E-state index contributed by atoms with van der Waals surface area (Å²) in [6, 6.07) is 71.4. The first-order valence-corrected chi connectivity index (χ1v) is 20.6. The zero-order valence-electron chi connectivity index (χ0n) is 30.2. The summed E-state index contributed by atoms with van der Waals surface area (Å²) in [6.07, 6.45) is 0. The van der Waals surface area contributed by atoms with Crippen LogP contribution in [0.15, 0.2) is 194 Å². The first-order valence-electron chi connectivity index (χ1n) is 19.0. The second kappa shape index (κ2) is 12.4. The lowest BCUT2D eigenvalue weighted by atomic mass is 9.93. The fourth-order valence-electron chi connectivity index (χ4n) is 8.91. The quantitative estimate of drug-likeness (QED) is 0.150. The van der Waals surface area contributed by atoms with E-state index in [-0.39, 0.29) is 0 Å². The molecule has 4 heteroatoms. The van der Waals surface area contributed by atoms with Crippen molar-refractivity contribution in [3.63, 3.8) is 0 Å². The van der Waals surface area contributed by atoms with E-state index in [1.54, 1.807) is 0 Å². The van der Waals surface area contributed by atoms with Crippen molar-refractivity contribution in [1.82, 2.24) is 0 Å². The van der Waals surface area contributed by atoms with Gasteiger partial charge >= 0.3 is 0 Å². The van der Waals surface area contributed by atoms with Crippen molar-refractivity contribution >= 4 is 120 Å². The fraction of sp³-hybridized carbons (Fsp3) is 0. The van der Waals surface area contributed by atoms with Crippen LogP contribution in [0.5, 0.6) is 0 Å². The summed E-state index contributed by atoms with van der Waals surface area (Å²) >= 11 is 3.69. The van der Waals surface area contributed by atoms with Gasteiger partial charge in [0.25, 0.3) is 0 Å². The summed E-state index contributed by atoms with van der Waals surface area (Å²) in [4.78, 5) is 7.38. The molecule has 0 bridgehead atoms. The molecule has 0 fully saturated rings. The third-order valence-electron chi connectivity index (χ3n) is 11.4. The molecule has 0 aliphatic rings. The Labute approximate surface area is 332 Å². The molecular formula is C52H32N2S2. The van der Waals surface area contributed by atoms with Gasteiger partial charge in [-0.05, 0) is 115 Å². The van der Waals surface area contributed by atoms with E-state index in [4.69, 9.17) is 0 Å². The molecule has 12 rings (SSSR count). The minimum absolute atomic E-state index is 1.15. The van der Waals surface area contributed by atoms with Gasteiger partial charge in [-0.15, -0.1) is 22.7 Å². The Morgan fingerprint density at radius 1 is 0.268 bits per heavy atom. The number of nitrogens with zero attached hydrogens (tertiary/aromatic N) is 2. The van der Waals surface area contributed by atoms with Crippen molar-refractivity contribution in [2.75, 3.05) is 9.80 Å². The monoisotopic (exact) mass is 748 g/mol. The van der Waals surface area contributed by atoms with E-state index >= 15 is 0 Å². The van der Waals surface area contributed by atoms with Crippen LogP contribution in [0.4, 0.5) is 32.8 Å². The lowest BCUT2D eigenvalue weighted by molar-refractivity contribution is 1.34. The molecule has 0 saturated carbocycles. The minimum Gasteiger partial charge on any atom is -0.301 e. The molecule has 262 valence electrons. The highest BCUT2D eigenvalue weighted by Gasteiger charge is 2.23. The van der Waals surface area contributed by atoms with E-state index < -0.39 is 0 Å². The van der Waals surface area contributed by atoms with Crippen molar-refractivity contribution < 1.29 is 0 Å². The second-order valence-corrected chi connectivity index (χ2v) is 16.6. The van der Waals surface area contributed by atoms with Crippen molar-refractivity contribution in [1.29, 1.82) is 0 Å². The van der Waals surface area contributed by atoms with Gasteiger partial charge in [-0.25, -0.2) is 0 Å². The Kier molecular flexibility index (Phi) is 7.00. The molecule has 0 radical (unpaired) electrons. The number of hydrogen-bond acceptors (Lipinski definition) is 4. The van der Waals surface area contributed by atoms with Crippen LogP contribution in [0, 0.1) is 0 Å². The van der Waals surface area contributed by atoms with Crippen LogP contribution in [-0.2, 0) is 0 Å². The maximum absolute atomic E-state index is 2.44. The summed E-state index contributed by atoms with van der Waals surface area (Å²) < 4.78 is 0. The largest absolute Gasteiger partial charge is 0.301 e. The predicted molar refractivity (Wildman–Crippen MR) is 244 cm³/mol. The average molecular weight is 749 g/mol. The van der Waals surface area contributed by atoms with Crippen LogP contribution >= 0.6 is 22.7 Å². The van der Waals surface area contributed by atoms with Gasteiger partial charge in [-0.3, -0.25) is 0 Å². The van der Waals surface area contributed by atoms with Crippen LogP contribution in [0.3, 0.4) is 0 Å². The van der Waals surface area contributed by atoms with Gasteiger partial charge in [0.1, 0.15) is 10.0 Å². The second-order valence-electron chi connectivity index (χ2n) is 14.5. The number of anilines is 6. The molecule has 12 aromatic rings. The van der Waals surface area contributed by atoms with Crippen LogP contribution in [-0.4, -0.2) is 0 Å². The summed E-state index contributed by atoms with van der Waals surface area (Å²) in [7, 11) is 0. The van der Waals surface area contributed by atoms with Crippen LogP contribution in [0.25, 0.3) is 74.4 Å². The Balaban J connectivity index is 0.992. The molecule has 0 unspecified atom stereocenters. The highest BCUT2D eigenvalue weighted by Crippen LogP contribution is 2.50. The zero-order chi connectivity index (χ0) is 36.7. The molecule has 2 aromatic heterocycles. The Morgan fingerprint density at radius 3 is 1.04 bits per heavy atom. The highest BCUT2D eigenvalue weighted by atomic mass is 32.1. The van der Waals surface area contributed by atoms with Crippen molar-refractivity contribution in [2.24, 2.45) is 0 Å². The normalized spacial score (nSPS) is 11.9. The predicted octanol–water partition coefficient (Wildman–Crippen LogP) is 16.2. The average Bonchev–Trinajstić information content (AvgIpc) is 3.95. The van der Waals surface area contributed by atoms with E-state index in [0.717, 1.165) is 11.4 Å². The Bertz CT molecular complexity index is 3120. The maximum Gasteiger partial charge on any atom is 0.101 e. The maximum atomic E-state index is 2.44. The fourth-order valence-corrected chi connectivity index (χ4v) is 11.1. The molecule has 0 N–H and O–H groups in total. The van der Waals surface area contributed by atoms with Crippen molar-refractivity contribution in [3.8, 4) is 9.75 Å². The van der Waals surface area contributed by atoms with Gasteiger partial charge < -0.3 is 9.80 Å². The first kappa shape index (κ1) is 31.6. The summed E-state index contributed by atoms with van der Waals surface area (Å²) in [6.45, 7) is 0. The number of thiophene rings is 2. The zero-order valence-corrected chi connectivity index (χ0v) is 31.8. The number of para-hydroxylation sites is 2. The third kappa shape index (κ3) is 4.80. The minimum atomic E-state index is 1.15. The Hall–Kier alpha value is -6.72. The van der Waals surface area contributed by atoms with Gasteiger partial charge in [0.2, 0.25) is 0 Å². The smallest absolute Gasteiger partial charge is 0.101 e. The van der Waals surface area contributed by atoms with Crippen molar-refractivity contribution in [2.45, 2.75) is 0 Å². The topological polar surface area (TPSA) is 6.48 Å². The number of rotatable bonds is 7. The van der Waals surface area contributed by atoms with Gasteiger partial charge in [-0.1, -0.05) is 133 Å². The molecule has 0 aliphatic heterocycles. The van der Waals surface area contributed by atoms with Gasteiger partial charge in [0, 0.05) is 31.9 Å². The lowest BCUT2D eigenvalue weighted by Gasteiger charge is -2.26. The number of benzene rings is 10. The first-order chi connectivity index (χ1) is 27.8. The van der Waals surface area contributed by atoms with Crippen LogP contribution in [0.1, 0.15) is 0 Å². The SMILES string of the molecule is c1ccc(N(c2ccc(-c3ccc(N(c4ccccc4)c4ccc5ccc6cccc7ccc4c5c67)s3)s2)c2ccc3ccc4cccc5ccc2c3c45)cc1.